The molecule has 3 heterocycles. The second kappa shape index (κ2) is 8.82. The Hall–Kier alpha value is -3.86. The van der Waals surface area contributed by atoms with Gasteiger partial charge < -0.3 is 30.6 Å². The first kappa shape index (κ1) is 22.0. The Morgan fingerprint density at radius 1 is 1.09 bits per heavy atom. The van der Waals surface area contributed by atoms with E-state index in [-0.39, 0.29) is 5.96 Å². The SMILES string of the molecule is C[C@H]1O[C@@H](n2cc(-c3ccccc3)c3c2N=CN(Nc2ccc(NC(=N)N)cc2)C3)[C@H](O)[C@@H]1O. The Morgan fingerprint density at radius 2 is 1.79 bits per heavy atom. The van der Waals surface area contributed by atoms with Crippen LogP contribution in [0.1, 0.15) is 18.7 Å². The molecule has 2 aromatic carbocycles. The molecule has 10 nitrogen and oxygen atoms in total. The minimum Gasteiger partial charge on any atom is -0.388 e. The normalized spacial score (nSPS) is 23.6. The molecule has 0 amide bonds. The van der Waals surface area contributed by atoms with Gasteiger partial charge in [0.1, 0.15) is 24.4 Å². The van der Waals surface area contributed by atoms with Gasteiger partial charge in [0.25, 0.3) is 0 Å². The number of guanidine groups is 1. The number of ether oxygens (including phenoxy) is 1. The summed E-state index contributed by atoms with van der Waals surface area (Å²) in [6, 6.07) is 17.4. The van der Waals surface area contributed by atoms with Crippen LogP contribution < -0.4 is 16.5 Å². The van der Waals surface area contributed by atoms with Crippen LogP contribution in [-0.4, -0.2) is 50.4 Å². The van der Waals surface area contributed by atoms with Crippen molar-refractivity contribution >= 4 is 29.5 Å². The number of aliphatic hydroxyl groups excluding tert-OH is 2. The van der Waals surface area contributed by atoms with Crippen LogP contribution in [-0.2, 0) is 11.3 Å². The minimum atomic E-state index is -1.05. The number of nitrogens with one attached hydrogen (secondary N) is 3. The van der Waals surface area contributed by atoms with E-state index < -0.39 is 24.5 Å². The van der Waals surface area contributed by atoms with E-state index in [1.807, 2.05) is 70.4 Å². The molecule has 0 bridgehead atoms. The Bertz CT molecular complexity index is 1210. The minimum absolute atomic E-state index is 0.118. The van der Waals surface area contributed by atoms with E-state index in [2.05, 4.69) is 15.7 Å². The second-order valence-corrected chi connectivity index (χ2v) is 8.43. The van der Waals surface area contributed by atoms with E-state index >= 15 is 0 Å². The van der Waals surface area contributed by atoms with E-state index in [1.54, 1.807) is 13.3 Å². The lowest BCUT2D eigenvalue weighted by Crippen LogP contribution is -2.31. The lowest BCUT2D eigenvalue weighted by molar-refractivity contribution is -0.0308. The van der Waals surface area contributed by atoms with Crippen LogP contribution in [0.25, 0.3) is 11.1 Å². The van der Waals surface area contributed by atoms with Gasteiger partial charge in [-0.15, -0.1) is 0 Å². The third-order valence-corrected chi connectivity index (χ3v) is 6.03. The number of nitrogens with zero attached hydrogens (tertiary/aromatic N) is 3. The summed E-state index contributed by atoms with van der Waals surface area (Å²) in [7, 11) is 0. The second-order valence-electron chi connectivity index (χ2n) is 8.43. The highest BCUT2D eigenvalue weighted by Gasteiger charge is 2.42. The molecule has 2 aliphatic rings. The van der Waals surface area contributed by atoms with Gasteiger partial charge in [-0.2, -0.15) is 0 Å². The highest BCUT2D eigenvalue weighted by molar-refractivity contribution is 5.89. The average Bonchev–Trinajstić information content (AvgIpc) is 3.33. The number of rotatable bonds is 5. The fourth-order valence-corrected chi connectivity index (χ4v) is 4.33. The summed E-state index contributed by atoms with van der Waals surface area (Å²) in [4.78, 5) is 4.67. The van der Waals surface area contributed by atoms with Gasteiger partial charge in [-0.3, -0.25) is 15.8 Å². The molecule has 0 saturated carbocycles. The summed E-state index contributed by atoms with van der Waals surface area (Å²) in [5.74, 6) is 0.566. The monoisotopic (exact) mass is 461 g/mol. The van der Waals surface area contributed by atoms with Crippen LogP contribution in [0.3, 0.4) is 0 Å². The molecule has 0 spiro atoms. The molecule has 0 aliphatic carbocycles. The number of fused-ring (bicyclic) bond motifs is 1. The molecule has 1 saturated heterocycles. The van der Waals surface area contributed by atoms with E-state index in [9.17, 15) is 10.2 Å². The number of aliphatic imine (C=N–C) groups is 1. The number of nitrogens with two attached hydrogens (primary N) is 1. The summed E-state index contributed by atoms with van der Waals surface area (Å²) >= 11 is 0. The van der Waals surface area contributed by atoms with Crippen molar-refractivity contribution in [2.24, 2.45) is 10.7 Å². The number of hydrogen-bond donors (Lipinski definition) is 6. The number of hydrogen-bond acceptors (Lipinski definition) is 7. The van der Waals surface area contributed by atoms with Crippen molar-refractivity contribution in [2.75, 3.05) is 10.7 Å². The Labute approximate surface area is 196 Å². The molecular formula is C24H27N7O3. The van der Waals surface area contributed by atoms with Gasteiger partial charge in [-0.05, 0) is 36.8 Å². The van der Waals surface area contributed by atoms with Gasteiger partial charge in [0.15, 0.2) is 12.2 Å². The maximum Gasteiger partial charge on any atom is 0.190 e. The van der Waals surface area contributed by atoms with Crippen molar-refractivity contribution in [2.45, 2.75) is 38.0 Å². The standard InChI is InChI=1S/C24H27N7O3/c1-14-20(32)21(33)23(34-14)31-12-18(15-5-3-2-4-6-15)19-11-30(13-27-22(19)31)29-17-9-7-16(8-10-17)28-24(25)26/h2-10,12-14,20-21,23,29,32-33H,11H2,1H3,(H4,25,26,28)/t14-,20-,21-,23-/m1/s1. The molecule has 0 radical (unpaired) electrons. The number of aromatic nitrogens is 1. The number of anilines is 2. The zero-order valence-electron chi connectivity index (χ0n) is 18.6. The van der Waals surface area contributed by atoms with E-state index in [4.69, 9.17) is 15.9 Å². The molecule has 176 valence electrons. The molecule has 3 aromatic rings. The molecule has 2 aliphatic heterocycles. The van der Waals surface area contributed by atoms with Crippen LogP contribution in [0.2, 0.25) is 0 Å². The molecule has 7 N–H and O–H groups in total. The molecule has 1 fully saturated rings. The van der Waals surface area contributed by atoms with Crippen LogP contribution >= 0.6 is 0 Å². The third-order valence-electron chi connectivity index (χ3n) is 6.03. The van der Waals surface area contributed by atoms with Crippen molar-refractivity contribution < 1.29 is 14.9 Å². The predicted molar refractivity (Wildman–Crippen MR) is 131 cm³/mol. The quantitative estimate of drug-likeness (QED) is 0.253. The maximum atomic E-state index is 10.6. The van der Waals surface area contributed by atoms with Crippen molar-refractivity contribution in [3.63, 3.8) is 0 Å². The number of hydrazine groups is 1. The van der Waals surface area contributed by atoms with Gasteiger partial charge >= 0.3 is 0 Å². The lowest BCUT2D eigenvalue weighted by Gasteiger charge is -2.26. The van der Waals surface area contributed by atoms with Gasteiger partial charge in [-0.1, -0.05) is 30.3 Å². The number of benzene rings is 2. The Kier molecular flexibility index (Phi) is 5.70. The van der Waals surface area contributed by atoms with Gasteiger partial charge in [0.2, 0.25) is 0 Å². The molecule has 1 aromatic heterocycles. The zero-order valence-corrected chi connectivity index (χ0v) is 18.6. The first-order valence-electron chi connectivity index (χ1n) is 11.0. The van der Waals surface area contributed by atoms with E-state index in [0.29, 0.717) is 12.4 Å². The van der Waals surface area contributed by atoms with Gasteiger partial charge in [0.05, 0.1) is 18.3 Å². The maximum absolute atomic E-state index is 10.6. The molecule has 5 rings (SSSR count). The summed E-state index contributed by atoms with van der Waals surface area (Å²) in [5, 5.41) is 32.8. The molecular weight excluding hydrogens is 434 g/mol. The third kappa shape index (κ3) is 4.10. The van der Waals surface area contributed by atoms with Gasteiger partial charge in [-0.25, -0.2) is 4.99 Å². The first-order chi connectivity index (χ1) is 16.4. The van der Waals surface area contributed by atoms with Crippen LogP contribution in [0.4, 0.5) is 17.2 Å². The Morgan fingerprint density at radius 3 is 2.44 bits per heavy atom. The summed E-state index contributed by atoms with van der Waals surface area (Å²) in [5.41, 5.74) is 13.2. The smallest absolute Gasteiger partial charge is 0.190 e. The number of aliphatic hydroxyl groups is 2. The molecule has 34 heavy (non-hydrogen) atoms. The van der Waals surface area contributed by atoms with Crippen molar-refractivity contribution in [3.05, 3.63) is 66.4 Å². The average molecular weight is 462 g/mol. The highest BCUT2D eigenvalue weighted by atomic mass is 16.6. The Balaban J connectivity index is 1.45. The van der Waals surface area contributed by atoms with Crippen LogP contribution in [0.15, 0.2) is 65.8 Å². The van der Waals surface area contributed by atoms with E-state index in [0.717, 1.165) is 28.1 Å². The van der Waals surface area contributed by atoms with Crippen LogP contribution in [0, 0.1) is 5.41 Å². The molecule has 0 unspecified atom stereocenters. The summed E-state index contributed by atoms with van der Waals surface area (Å²) in [6.07, 6.45) is 0.398. The van der Waals surface area contributed by atoms with Crippen molar-refractivity contribution in [1.29, 1.82) is 5.41 Å². The summed E-state index contributed by atoms with van der Waals surface area (Å²) in [6.45, 7) is 2.26. The predicted octanol–water partition coefficient (Wildman–Crippen LogP) is 2.60. The summed E-state index contributed by atoms with van der Waals surface area (Å²) < 4.78 is 7.69. The van der Waals surface area contributed by atoms with Crippen molar-refractivity contribution in [3.8, 4) is 11.1 Å². The molecule has 10 heteroatoms. The van der Waals surface area contributed by atoms with Crippen molar-refractivity contribution in [1.82, 2.24) is 9.58 Å². The van der Waals surface area contributed by atoms with Crippen LogP contribution in [0.5, 0.6) is 0 Å². The largest absolute Gasteiger partial charge is 0.388 e. The highest BCUT2D eigenvalue weighted by Crippen LogP contribution is 2.41. The van der Waals surface area contributed by atoms with E-state index in [1.165, 1.54) is 0 Å². The first-order valence-corrected chi connectivity index (χ1v) is 11.0. The fraction of sp³-hybridized carbons (Fsp3) is 0.250. The lowest BCUT2D eigenvalue weighted by atomic mass is 10.0. The fourth-order valence-electron chi connectivity index (χ4n) is 4.33. The van der Waals surface area contributed by atoms with Gasteiger partial charge in [0, 0.05) is 23.0 Å². The topological polar surface area (TPSA) is 144 Å². The zero-order chi connectivity index (χ0) is 23.8. The molecule has 4 atom stereocenters.